The smallest absolute Gasteiger partial charge is 0.339 e. The van der Waals surface area contributed by atoms with E-state index in [1.54, 1.807) is 26.1 Å². The van der Waals surface area contributed by atoms with Gasteiger partial charge in [-0.15, -0.1) is 11.3 Å². The molecular formula is C19H18FN3O3S. The average molecular weight is 387 g/mol. The van der Waals surface area contributed by atoms with E-state index in [1.807, 2.05) is 6.07 Å². The second kappa shape index (κ2) is 7.71. The third kappa shape index (κ3) is 4.06. The van der Waals surface area contributed by atoms with Crippen molar-refractivity contribution >= 4 is 28.3 Å². The molecule has 0 aliphatic carbocycles. The number of methoxy groups -OCH3 is 1. The number of benzene rings is 1. The molecule has 0 unspecified atom stereocenters. The Labute approximate surface area is 159 Å². The summed E-state index contributed by atoms with van der Waals surface area (Å²) in [5, 5.41) is 3.15. The summed E-state index contributed by atoms with van der Waals surface area (Å²) in [4.78, 5) is 32.4. The van der Waals surface area contributed by atoms with E-state index in [0.29, 0.717) is 28.4 Å². The number of H-pyrrole nitrogens is 1. The van der Waals surface area contributed by atoms with Crippen molar-refractivity contribution in [3.8, 4) is 0 Å². The lowest BCUT2D eigenvalue weighted by molar-refractivity contribution is 0.0599. The number of rotatable bonds is 5. The monoisotopic (exact) mass is 387 g/mol. The van der Waals surface area contributed by atoms with Crippen molar-refractivity contribution in [2.75, 3.05) is 12.4 Å². The zero-order valence-corrected chi connectivity index (χ0v) is 15.9. The van der Waals surface area contributed by atoms with Gasteiger partial charge in [0, 0.05) is 23.2 Å². The Morgan fingerprint density at radius 2 is 2.11 bits per heavy atom. The van der Waals surface area contributed by atoms with E-state index in [2.05, 4.69) is 15.3 Å². The molecule has 2 aromatic heterocycles. The molecule has 0 spiro atoms. The number of carbonyl (C=O) groups excluding carboxylic acids is 2. The van der Waals surface area contributed by atoms with Crippen molar-refractivity contribution < 1.29 is 18.7 Å². The minimum atomic E-state index is -0.494. The number of nitrogens with one attached hydrogen (secondary N) is 2. The third-order valence-electron chi connectivity index (χ3n) is 4.10. The first-order valence-corrected chi connectivity index (χ1v) is 8.98. The second-order valence-corrected chi connectivity index (χ2v) is 7.12. The van der Waals surface area contributed by atoms with Crippen molar-refractivity contribution in [3.05, 3.63) is 69.2 Å². The lowest BCUT2D eigenvalue weighted by Gasteiger charge is -2.02. The summed E-state index contributed by atoms with van der Waals surface area (Å²) in [5.41, 5.74) is 2.56. The Kier molecular flexibility index (Phi) is 5.36. The molecule has 8 heteroatoms. The molecule has 0 radical (unpaired) electrons. The SMILES string of the molecule is COC(=O)c1c(C)[nH]c(C(=O)Nc2ncc(Cc3cccc(F)c3)s2)c1C. The molecule has 6 nitrogen and oxygen atoms in total. The maximum Gasteiger partial charge on any atom is 0.339 e. The van der Waals surface area contributed by atoms with Crippen LogP contribution in [0.4, 0.5) is 9.52 Å². The standard InChI is InChI=1S/C19H18FN3O3S/c1-10-15(18(25)26-3)11(2)22-16(10)17(24)23-19-21-9-14(27-19)8-12-5-4-6-13(20)7-12/h4-7,9,22H,8H2,1-3H3,(H,21,23,24). The van der Waals surface area contributed by atoms with Gasteiger partial charge in [0.2, 0.25) is 0 Å². The molecule has 0 saturated carbocycles. The Hall–Kier alpha value is -3.00. The molecule has 2 N–H and O–H groups in total. The quantitative estimate of drug-likeness (QED) is 0.651. The third-order valence-corrected chi connectivity index (χ3v) is 5.01. The van der Waals surface area contributed by atoms with Crippen LogP contribution in [0.1, 0.15) is 42.5 Å². The number of esters is 1. The van der Waals surface area contributed by atoms with E-state index < -0.39 is 11.9 Å². The van der Waals surface area contributed by atoms with Crippen LogP contribution in [0.2, 0.25) is 0 Å². The van der Waals surface area contributed by atoms with E-state index >= 15 is 0 Å². The molecule has 3 rings (SSSR count). The first kappa shape index (κ1) is 18.8. The fourth-order valence-electron chi connectivity index (χ4n) is 2.84. The number of anilines is 1. The predicted octanol–water partition coefficient (Wildman–Crippen LogP) is 3.86. The van der Waals surface area contributed by atoms with E-state index in [1.165, 1.54) is 30.6 Å². The zero-order chi connectivity index (χ0) is 19.6. The van der Waals surface area contributed by atoms with E-state index in [0.717, 1.165) is 10.4 Å². The summed E-state index contributed by atoms with van der Waals surface area (Å²) in [7, 11) is 1.30. The summed E-state index contributed by atoms with van der Waals surface area (Å²) >= 11 is 1.31. The maximum atomic E-state index is 13.3. The van der Waals surface area contributed by atoms with Crippen molar-refractivity contribution in [3.63, 3.8) is 0 Å². The van der Waals surface area contributed by atoms with Crippen LogP contribution in [-0.4, -0.2) is 29.0 Å². The van der Waals surface area contributed by atoms with Gasteiger partial charge in [0.1, 0.15) is 11.5 Å². The van der Waals surface area contributed by atoms with Gasteiger partial charge in [0.05, 0.1) is 12.7 Å². The molecule has 0 bridgehead atoms. The average Bonchev–Trinajstić information content (AvgIpc) is 3.18. The first-order chi connectivity index (χ1) is 12.9. The highest BCUT2D eigenvalue weighted by atomic mass is 32.1. The summed E-state index contributed by atoms with van der Waals surface area (Å²) in [6.07, 6.45) is 2.18. The number of hydrogen-bond donors (Lipinski definition) is 2. The van der Waals surface area contributed by atoms with Crippen LogP contribution in [0.15, 0.2) is 30.5 Å². The number of halogens is 1. The Morgan fingerprint density at radius 1 is 1.33 bits per heavy atom. The summed E-state index contributed by atoms with van der Waals surface area (Å²) in [5.74, 6) is -1.17. The Morgan fingerprint density at radius 3 is 2.81 bits per heavy atom. The summed E-state index contributed by atoms with van der Waals surface area (Å²) in [6.45, 7) is 3.39. The van der Waals surface area contributed by atoms with Crippen molar-refractivity contribution in [1.82, 2.24) is 9.97 Å². The molecule has 1 amide bonds. The molecule has 0 aliphatic rings. The fraction of sp³-hybridized carbons (Fsp3) is 0.211. The van der Waals surface area contributed by atoms with Crippen LogP contribution in [0, 0.1) is 19.7 Å². The van der Waals surface area contributed by atoms with Gasteiger partial charge in [-0.05, 0) is 37.1 Å². The topological polar surface area (TPSA) is 84.1 Å². The normalized spacial score (nSPS) is 10.7. The molecule has 0 aliphatic heterocycles. The van der Waals surface area contributed by atoms with Crippen molar-refractivity contribution in [2.24, 2.45) is 0 Å². The summed E-state index contributed by atoms with van der Waals surface area (Å²) < 4.78 is 18.0. The predicted molar refractivity (Wildman–Crippen MR) is 101 cm³/mol. The highest BCUT2D eigenvalue weighted by molar-refractivity contribution is 7.15. The van der Waals surface area contributed by atoms with Gasteiger partial charge in [-0.25, -0.2) is 14.2 Å². The maximum absolute atomic E-state index is 13.3. The number of carbonyl (C=O) groups is 2. The molecule has 140 valence electrons. The molecule has 3 aromatic rings. The van der Waals surface area contributed by atoms with E-state index in [-0.39, 0.29) is 11.5 Å². The molecule has 0 saturated heterocycles. The van der Waals surface area contributed by atoms with Gasteiger partial charge in [0.15, 0.2) is 5.13 Å². The zero-order valence-electron chi connectivity index (χ0n) is 15.1. The van der Waals surface area contributed by atoms with Crippen LogP contribution < -0.4 is 5.32 Å². The second-order valence-electron chi connectivity index (χ2n) is 6.01. The van der Waals surface area contributed by atoms with Gasteiger partial charge >= 0.3 is 5.97 Å². The number of aromatic nitrogens is 2. The highest BCUT2D eigenvalue weighted by Gasteiger charge is 2.23. The fourth-order valence-corrected chi connectivity index (χ4v) is 3.68. The van der Waals surface area contributed by atoms with E-state index in [9.17, 15) is 14.0 Å². The number of amides is 1. The van der Waals surface area contributed by atoms with Gasteiger partial charge in [-0.1, -0.05) is 12.1 Å². The lowest BCUT2D eigenvalue weighted by atomic mass is 10.1. The summed E-state index contributed by atoms with van der Waals surface area (Å²) in [6, 6.07) is 6.35. The largest absolute Gasteiger partial charge is 0.465 e. The highest BCUT2D eigenvalue weighted by Crippen LogP contribution is 2.24. The number of ether oxygens (including phenoxy) is 1. The number of hydrogen-bond acceptors (Lipinski definition) is 5. The molecule has 27 heavy (non-hydrogen) atoms. The number of aromatic amines is 1. The Balaban J connectivity index is 1.74. The van der Waals surface area contributed by atoms with Crippen molar-refractivity contribution in [1.29, 1.82) is 0 Å². The Bertz CT molecular complexity index is 1010. The first-order valence-electron chi connectivity index (χ1n) is 8.17. The van der Waals surface area contributed by atoms with Gasteiger partial charge in [0.25, 0.3) is 5.91 Å². The molecule has 0 fully saturated rings. The van der Waals surface area contributed by atoms with Gasteiger partial charge < -0.3 is 9.72 Å². The van der Waals surface area contributed by atoms with Gasteiger partial charge in [-0.2, -0.15) is 0 Å². The van der Waals surface area contributed by atoms with Crippen LogP contribution in [0.3, 0.4) is 0 Å². The minimum Gasteiger partial charge on any atom is -0.465 e. The van der Waals surface area contributed by atoms with Crippen molar-refractivity contribution in [2.45, 2.75) is 20.3 Å². The molecule has 2 heterocycles. The molecule has 0 atom stereocenters. The minimum absolute atomic E-state index is 0.287. The number of aryl methyl sites for hydroxylation is 1. The van der Waals surface area contributed by atoms with Crippen LogP contribution in [0.25, 0.3) is 0 Å². The van der Waals surface area contributed by atoms with Crippen LogP contribution in [0.5, 0.6) is 0 Å². The van der Waals surface area contributed by atoms with E-state index in [4.69, 9.17) is 4.74 Å². The number of nitrogens with zero attached hydrogens (tertiary/aromatic N) is 1. The van der Waals surface area contributed by atoms with Gasteiger partial charge in [-0.3, -0.25) is 10.1 Å². The van der Waals surface area contributed by atoms with Crippen LogP contribution >= 0.6 is 11.3 Å². The van der Waals surface area contributed by atoms with Crippen LogP contribution in [-0.2, 0) is 11.2 Å². The molecular weight excluding hydrogens is 369 g/mol. The molecule has 1 aromatic carbocycles. The number of thiazole rings is 1. The lowest BCUT2D eigenvalue weighted by Crippen LogP contribution is -2.13.